The van der Waals surface area contributed by atoms with Crippen molar-refractivity contribution in [2.24, 2.45) is 0 Å². The minimum Gasteiger partial charge on any atom is -0.381 e. The molecule has 0 aliphatic rings. The average Bonchev–Trinajstić information content (AvgIpc) is 2.65. The van der Waals surface area contributed by atoms with E-state index in [9.17, 15) is 4.39 Å². The van der Waals surface area contributed by atoms with Crippen molar-refractivity contribution in [2.45, 2.75) is 6.67 Å². The van der Waals surface area contributed by atoms with Crippen molar-refractivity contribution in [3.63, 3.8) is 0 Å². The van der Waals surface area contributed by atoms with Crippen LogP contribution in [0.3, 0.4) is 0 Å². The Hall–Kier alpha value is -1.84. The standard InChI is InChI=1S/C10H9FN2O/c11-6-7-3-1-2-4-8(7)9-5-10(12)13-14-9/h1-5H,6H2,(H2,12,13). The molecule has 1 aromatic heterocycles. The van der Waals surface area contributed by atoms with Gasteiger partial charge in [0.25, 0.3) is 0 Å². The number of anilines is 1. The summed E-state index contributed by atoms with van der Waals surface area (Å²) in [6.07, 6.45) is 0. The number of benzene rings is 1. The fourth-order valence-electron chi connectivity index (χ4n) is 1.29. The third-order valence-electron chi connectivity index (χ3n) is 1.96. The normalized spacial score (nSPS) is 10.4. The van der Waals surface area contributed by atoms with Gasteiger partial charge < -0.3 is 10.3 Å². The van der Waals surface area contributed by atoms with Gasteiger partial charge in [0, 0.05) is 11.6 Å². The summed E-state index contributed by atoms with van der Waals surface area (Å²) in [5.74, 6) is 0.796. The molecule has 14 heavy (non-hydrogen) atoms. The Morgan fingerprint density at radius 3 is 2.79 bits per heavy atom. The van der Waals surface area contributed by atoms with Gasteiger partial charge in [-0.25, -0.2) is 4.39 Å². The fraction of sp³-hybridized carbons (Fsp3) is 0.100. The summed E-state index contributed by atoms with van der Waals surface area (Å²) in [5.41, 5.74) is 6.68. The third kappa shape index (κ3) is 1.46. The molecule has 1 heterocycles. The van der Waals surface area contributed by atoms with Crippen LogP contribution < -0.4 is 5.73 Å². The maximum atomic E-state index is 12.6. The fourth-order valence-corrected chi connectivity index (χ4v) is 1.29. The molecule has 2 N–H and O–H groups in total. The van der Waals surface area contributed by atoms with Crippen LogP contribution in [0.15, 0.2) is 34.9 Å². The molecule has 0 spiro atoms. The van der Waals surface area contributed by atoms with Crippen molar-refractivity contribution in [2.75, 3.05) is 5.73 Å². The Kier molecular flexibility index (Phi) is 2.18. The summed E-state index contributed by atoms with van der Waals surface area (Å²) in [6.45, 7) is -0.531. The first-order valence-electron chi connectivity index (χ1n) is 4.17. The second kappa shape index (κ2) is 3.49. The molecule has 3 nitrogen and oxygen atoms in total. The van der Waals surface area contributed by atoms with Gasteiger partial charge in [-0.15, -0.1) is 0 Å². The van der Waals surface area contributed by atoms with Gasteiger partial charge >= 0.3 is 0 Å². The Labute approximate surface area is 80.3 Å². The van der Waals surface area contributed by atoms with Crippen LogP contribution in [-0.2, 0) is 6.67 Å². The molecule has 4 heteroatoms. The second-order valence-corrected chi connectivity index (χ2v) is 2.91. The summed E-state index contributed by atoms with van der Waals surface area (Å²) >= 11 is 0. The monoisotopic (exact) mass is 192 g/mol. The number of halogens is 1. The molecule has 1 aromatic carbocycles. The van der Waals surface area contributed by atoms with Crippen LogP contribution in [0.2, 0.25) is 0 Å². The van der Waals surface area contributed by atoms with E-state index in [-0.39, 0.29) is 0 Å². The maximum Gasteiger partial charge on any atom is 0.169 e. The summed E-state index contributed by atoms with van der Waals surface area (Å²) in [6, 6.07) is 8.64. The summed E-state index contributed by atoms with van der Waals surface area (Å²) < 4.78 is 17.5. The first kappa shape index (κ1) is 8.74. The number of hydrogen-bond acceptors (Lipinski definition) is 3. The first-order valence-corrected chi connectivity index (χ1v) is 4.17. The molecule has 0 amide bonds. The quantitative estimate of drug-likeness (QED) is 0.794. The lowest BCUT2D eigenvalue weighted by Crippen LogP contribution is -1.84. The zero-order valence-electron chi connectivity index (χ0n) is 7.40. The highest BCUT2D eigenvalue weighted by Gasteiger charge is 2.08. The molecule has 0 aliphatic heterocycles. The van der Waals surface area contributed by atoms with Crippen molar-refractivity contribution in [3.8, 4) is 11.3 Å². The van der Waals surface area contributed by atoms with E-state index in [0.29, 0.717) is 22.7 Å². The van der Waals surface area contributed by atoms with Gasteiger partial charge in [-0.1, -0.05) is 29.4 Å². The van der Waals surface area contributed by atoms with Gasteiger partial charge in [-0.2, -0.15) is 0 Å². The molecule has 0 unspecified atom stereocenters. The molecule has 2 aromatic rings. The molecule has 0 atom stereocenters. The van der Waals surface area contributed by atoms with Crippen molar-refractivity contribution in [3.05, 3.63) is 35.9 Å². The number of nitrogens with two attached hydrogens (primary N) is 1. The Balaban J connectivity index is 2.50. The lowest BCUT2D eigenvalue weighted by Gasteiger charge is -2.00. The highest BCUT2D eigenvalue weighted by molar-refractivity contribution is 5.63. The van der Waals surface area contributed by atoms with Gasteiger partial charge in [0.2, 0.25) is 0 Å². The van der Waals surface area contributed by atoms with Gasteiger partial charge in [0.15, 0.2) is 11.6 Å². The molecule has 0 bridgehead atoms. The Bertz CT molecular complexity index is 439. The number of alkyl halides is 1. The van der Waals surface area contributed by atoms with Gasteiger partial charge in [0.05, 0.1) is 0 Å². The van der Waals surface area contributed by atoms with E-state index in [1.54, 1.807) is 24.3 Å². The van der Waals surface area contributed by atoms with Gasteiger partial charge in [-0.3, -0.25) is 0 Å². The maximum absolute atomic E-state index is 12.6. The summed E-state index contributed by atoms with van der Waals surface area (Å²) in [7, 11) is 0. The molecule has 0 radical (unpaired) electrons. The predicted molar refractivity (Wildman–Crippen MR) is 51.2 cm³/mol. The SMILES string of the molecule is Nc1cc(-c2ccccc2CF)on1. The van der Waals surface area contributed by atoms with E-state index in [0.717, 1.165) is 0 Å². The molecule has 2 rings (SSSR count). The molecule has 0 aliphatic carbocycles. The summed E-state index contributed by atoms with van der Waals surface area (Å²) in [4.78, 5) is 0. The molecular formula is C10H9FN2O. The average molecular weight is 192 g/mol. The largest absolute Gasteiger partial charge is 0.381 e. The minimum absolute atomic E-state index is 0.300. The number of aromatic nitrogens is 1. The molecule has 0 fully saturated rings. The first-order chi connectivity index (χ1) is 6.81. The van der Waals surface area contributed by atoms with Gasteiger partial charge in [0.1, 0.15) is 6.67 Å². The Morgan fingerprint density at radius 1 is 1.36 bits per heavy atom. The number of hydrogen-bond donors (Lipinski definition) is 1. The topological polar surface area (TPSA) is 52.0 Å². The minimum atomic E-state index is -0.531. The lowest BCUT2D eigenvalue weighted by atomic mass is 10.1. The van der Waals surface area contributed by atoms with E-state index < -0.39 is 6.67 Å². The molecule has 72 valence electrons. The van der Waals surface area contributed by atoms with Crippen molar-refractivity contribution in [1.82, 2.24) is 5.16 Å². The number of nitrogen functional groups attached to an aromatic ring is 1. The second-order valence-electron chi connectivity index (χ2n) is 2.91. The number of nitrogens with zero attached hydrogens (tertiary/aromatic N) is 1. The van der Waals surface area contributed by atoms with Crippen LogP contribution in [0.5, 0.6) is 0 Å². The number of rotatable bonds is 2. The van der Waals surface area contributed by atoms with Crippen molar-refractivity contribution < 1.29 is 8.91 Å². The predicted octanol–water partition coefficient (Wildman–Crippen LogP) is 2.39. The van der Waals surface area contributed by atoms with Gasteiger partial charge in [-0.05, 0) is 5.56 Å². The zero-order valence-corrected chi connectivity index (χ0v) is 7.40. The van der Waals surface area contributed by atoms with E-state index in [4.69, 9.17) is 10.3 Å². The molecule has 0 saturated heterocycles. The molecular weight excluding hydrogens is 183 g/mol. The zero-order chi connectivity index (χ0) is 9.97. The van der Waals surface area contributed by atoms with Crippen LogP contribution in [0.4, 0.5) is 10.2 Å². The highest BCUT2D eigenvalue weighted by Crippen LogP contribution is 2.25. The van der Waals surface area contributed by atoms with Crippen LogP contribution in [-0.4, -0.2) is 5.16 Å². The van der Waals surface area contributed by atoms with Crippen LogP contribution >= 0.6 is 0 Å². The lowest BCUT2D eigenvalue weighted by molar-refractivity contribution is 0.433. The van der Waals surface area contributed by atoms with E-state index in [1.807, 2.05) is 6.07 Å². The van der Waals surface area contributed by atoms with E-state index >= 15 is 0 Å². The van der Waals surface area contributed by atoms with Crippen molar-refractivity contribution >= 4 is 5.82 Å². The molecule has 0 saturated carbocycles. The smallest absolute Gasteiger partial charge is 0.169 e. The van der Waals surface area contributed by atoms with Crippen LogP contribution in [0.25, 0.3) is 11.3 Å². The van der Waals surface area contributed by atoms with Crippen LogP contribution in [0.1, 0.15) is 5.56 Å². The highest BCUT2D eigenvalue weighted by atomic mass is 19.1. The van der Waals surface area contributed by atoms with Crippen LogP contribution in [0, 0.1) is 0 Å². The third-order valence-corrected chi connectivity index (χ3v) is 1.96. The summed E-state index contributed by atoms with van der Waals surface area (Å²) in [5, 5.41) is 3.55. The van der Waals surface area contributed by atoms with E-state index in [1.165, 1.54) is 0 Å². The Morgan fingerprint density at radius 2 is 2.14 bits per heavy atom. The van der Waals surface area contributed by atoms with E-state index in [2.05, 4.69) is 5.16 Å². The van der Waals surface area contributed by atoms with Crippen molar-refractivity contribution in [1.29, 1.82) is 0 Å².